The molecular formula is C38H49N11O8. The van der Waals surface area contributed by atoms with Crippen molar-refractivity contribution in [3.05, 3.63) is 71.8 Å². The van der Waals surface area contributed by atoms with Crippen LogP contribution in [0.3, 0.4) is 0 Å². The second-order valence-corrected chi connectivity index (χ2v) is 13.9. The SMILES string of the molecule is NC(=O)N1CCN(C(=O)C2C(CCCN=C(NC(=O)OCc3ccccc3)NC(=O)OCc3ccccc3)C(=O)N2C(=O)N2CCN(C3=NCCCN3)CC2)CC1. The van der Waals surface area contributed by atoms with Gasteiger partial charge in [0.1, 0.15) is 19.3 Å². The third-order valence-electron chi connectivity index (χ3n) is 10.1. The van der Waals surface area contributed by atoms with Gasteiger partial charge in [0, 0.05) is 72.0 Å². The molecule has 304 valence electrons. The van der Waals surface area contributed by atoms with Crippen LogP contribution >= 0.6 is 0 Å². The lowest BCUT2D eigenvalue weighted by atomic mass is 9.82. The van der Waals surface area contributed by atoms with Crippen LogP contribution in [-0.2, 0) is 32.3 Å². The van der Waals surface area contributed by atoms with Crippen molar-refractivity contribution in [3.8, 4) is 0 Å². The smallest absolute Gasteiger partial charge is 0.414 e. The van der Waals surface area contributed by atoms with Crippen molar-refractivity contribution in [1.82, 2.24) is 40.4 Å². The summed E-state index contributed by atoms with van der Waals surface area (Å²) in [6.45, 7) is 4.21. The van der Waals surface area contributed by atoms with E-state index in [1.54, 1.807) is 34.1 Å². The van der Waals surface area contributed by atoms with Gasteiger partial charge < -0.3 is 40.1 Å². The van der Waals surface area contributed by atoms with Gasteiger partial charge in [-0.1, -0.05) is 60.7 Å². The number of alkyl carbamates (subject to hydrolysis) is 2. The van der Waals surface area contributed by atoms with Crippen LogP contribution in [0, 0.1) is 5.92 Å². The number of likely N-dealkylation sites (tertiary alicyclic amines) is 1. The molecule has 19 heteroatoms. The Morgan fingerprint density at radius 2 is 1.35 bits per heavy atom. The van der Waals surface area contributed by atoms with Gasteiger partial charge in [0.2, 0.25) is 17.8 Å². The lowest BCUT2D eigenvalue weighted by Crippen LogP contribution is -2.72. The fourth-order valence-corrected chi connectivity index (χ4v) is 6.98. The van der Waals surface area contributed by atoms with E-state index in [2.05, 4.69) is 30.8 Å². The molecule has 4 heterocycles. The molecule has 4 aliphatic heterocycles. The van der Waals surface area contributed by atoms with E-state index in [0.29, 0.717) is 26.2 Å². The highest BCUT2D eigenvalue weighted by atomic mass is 16.6. The van der Waals surface area contributed by atoms with Gasteiger partial charge in [0.05, 0.1) is 5.92 Å². The predicted octanol–water partition coefficient (Wildman–Crippen LogP) is 1.11. The molecule has 0 spiro atoms. The van der Waals surface area contributed by atoms with Crippen molar-refractivity contribution in [2.45, 2.75) is 38.5 Å². The van der Waals surface area contributed by atoms with Crippen LogP contribution in [-0.4, -0.2) is 151 Å². The van der Waals surface area contributed by atoms with E-state index in [1.807, 2.05) is 36.4 Å². The lowest BCUT2D eigenvalue weighted by Gasteiger charge is -2.49. The Morgan fingerprint density at radius 3 is 1.89 bits per heavy atom. The molecule has 3 fully saturated rings. The molecule has 0 aliphatic carbocycles. The Morgan fingerprint density at radius 1 is 0.789 bits per heavy atom. The number of hydrogen-bond acceptors (Lipinski definition) is 12. The van der Waals surface area contributed by atoms with E-state index in [9.17, 15) is 28.8 Å². The first-order chi connectivity index (χ1) is 27.7. The van der Waals surface area contributed by atoms with Gasteiger partial charge in [-0.2, -0.15) is 0 Å². The first-order valence-corrected chi connectivity index (χ1v) is 19.2. The molecule has 2 atom stereocenters. The third-order valence-corrected chi connectivity index (χ3v) is 10.1. The third kappa shape index (κ3) is 10.7. The maximum Gasteiger partial charge on any atom is 0.414 e. The quantitative estimate of drug-likeness (QED) is 0.123. The molecule has 5 N–H and O–H groups in total. The zero-order valence-electron chi connectivity index (χ0n) is 31.7. The number of aliphatic imine (C=N–C) groups is 2. The first kappa shape index (κ1) is 40.3. The molecule has 6 rings (SSSR count). The average molecular weight is 788 g/mol. The topological polar surface area (TPSA) is 224 Å². The van der Waals surface area contributed by atoms with Gasteiger partial charge in [-0.05, 0) is 30.4 Å². The Bertz CT molecular complexity index is 1750. The number of guanidine groups is 2. The number of rotatable bonds is 9. The molecule has 2 aromatic rings. The molecule has 0 radical (unpaired) electrons. The Kier molecular flexibility index (Phi) is 13.7. The second-order valence-electron chi connectivity index (χ2n) is 13.9. The van der Waals surface area contributed by atoms with E-state index in [-0.39, 0.29) is 70.6 Å². The van der Waals surface area contributed by atoms with E-state index in [4.69, 9.17) is 15.2 Å². The Balaban J connectivity index is 1.09. The molecule has 0 bridgehead atoms. The summed E-state index contributed by atoms with van der Waals surface area (Å²) in [4.78, 5) is 95.4. The zero-order chi connectivity index (χ0) is 40.1. The molecular weight excluding hydrogens is 738 g/mol. The molecule has 2 aromatic carbocycles. The van der Waals surface area contributed by atoms with Crippen LogP contribution in [0.1, 0.15) is 30.4 Å². The van der Waals surface area contributed by atoms with Crippen molar-refractivity contribution in [2.75, 3.05) is 72.0 Å². The van der Waals surface area contributed by atoms with E-state index >= 15 is 0 Å². The number of nitrogens with two attached hydrogens (primary N) is 1. The number of urea groups is 2. The summed E-state index contributed by atoms with van der Waals surface area (Å²) in [5.41, 5.74) is 6.96. The highest BCUT2D eigenvalue weighted by Gasteiger charge is 2.56. The largest absolute Gasteiger partial charge is 0.444 e. The molecule has 8 amide bonds. The summed E-state index contributed by atoms with van der Waals surface area (Å²) in [5, 5.41) is 8.18. The van der Waals surface area contributed by atoms with Crippen molar-refractivity contribution in [1.29, 1.82) is 0 Å². The average Bonchev–Trinajstić information content (AvgIpc) is 3.24. The fraction of sp³-hybridized carbons (Fsp3) is 0.474. The van der Waals surface area contributed by atoms with E-state index < -0.39 is 42.1 Å². The summed E-state index contributed by atoms with van der Waals surface area (Å²) < 4.78 is 10.6. The summed E-state index contributed by atoms with van der Waals surface area (Å²) >= 11 is 0. The second kappa shape index (κ2) is 19.5. The van der Waals surface area contributed by atoms with Gasteiger partial charge >= 0.3 is 24.2 Å². The first-order valence-electron chi connectivity index (χ1n) is 19.2. The number of carbonyl (C=O) groups excluding carboxylic acids is 6. The van der Waals surface area contributed by atoms with Crippen LogP contribution in [0.15, 0.2) is 70.6 Å². The van der Waals surface area contributed by atoms with Crippen molar-refractivity contribution < 1.29 is 38.2 Å². The number of nitrogens with zero attached hydrogens (tertiary/aromatic N) is 7. The molecule has 0 saturated carbocycles. The van der Waals surface area contributed by atoms with Crippen LogP contribution in [0.5, 0.6) is 0 Å². The maximum absolute atomic E-state index is 14.0. The number of hydrogen-bond donors (Lipinski definition) is 4. The highest BCUT2D eigenvalue weighted by Crippen LogP contribution is 2.34. The number of imide groups is 1. The number of piperazine rings is 2. The monoisotopic (exact) mass is 787 g/mol. The highest BCUT2D eigenvalue weighted by molar-refractivity contribution is 6.09. The summed E-state index contributed by atoms with van der Waals surface area (Å²) in [7, 11) is 0. The molecule has 2 unspecified atom stereocenters. The fourth-order valence-electron chi connectivity index (χ4n) is 6.98. The minimum absolute atomic E-state index is 0.0212. The van der Waals surface area contributed by atoms with Crippen molar-refractivity contribution in [3.63, 3.8) is 0 Å². The summed E-state index contributed by atoms with van der Waals surface area (Å²) in [5.74, 6) is -1.09. The maximum atomic E-state index is 14.0. The minimum Gasteiger partial charge on any atom is -0.444 e. The standard InChI is InChI=1S/C38H49N11O8/c39-33(52)46-19-17-45(18-20-46)32(51)30-29(31(50)49(30)38(55)48-23-21-47(22-24-48)35-41-15-8-16-42-35)13-7-14-40-34(43-36(53)56-25-27-9-3-1-4-10-27)44-37(54)57-26-28-11-5-2-6-12-28/h1-6,9-12,29-30H,7-8,13-26H2,(H2,39,52)(H,41,42)(H2,40,43,44,53,54). The number of primary amides is 1. The number of ether oxygens (including phenoxy) is 2. The molecule has 57 heavy (non-hydrogen) atoms. The number of β-lactam (4-membered cyclic amide) rings is 1. The van der Waals surface area contributed by atoms with E-state index in [0.717, 1.165) is 41.5 Å². The van der Waals surface area contributed by atoms with Gasteiger partial charge in [0.15, 0.2) is 5.96 Å². The van der Waals surface area contributed by atoms with Crippen molar-refractivity contribution in [2.24, 2.45) is 21.6 Å². The molecule has 0 aromatic heterocycles. The summed E-state index contributed by atoms with van der Waals surface area (Å²) in [6, 6.07) is 15.9. The Hall–Kier alpha value is -6.40. The van der Waals surface area contributed by atoms with Gasteiger partial charge in [-0.3, -0.25) is 35.1 Å². The van der Waals surface area contributed by atoms with Crippen LogP contribution < -0.4 is 21.7 Å². The molecule has 19 nitrogen and oxygen atoms in total. The van der Waals surface area contributed by atoms with Crippen LogP contribution in [0.25, 0.3) is 0 Å². The number of carbonyl (C=O) groups is 6. The number of nitrogens with one attached hydrogen (secondary N) is 3. The van der Waals surface area contributed by atoms with Crippen LogP contribution in [0.4, 0.5) is 19.2 Å². The molecule has 3 saturated heterocycles. The predicted molar refractivity (Wildman–Crippen MR) is 206 cm³/mol. The molecule has 4 aliphatic rings. The zero-order valence-corrected chi connectivity index (χ0v) is 31.7. The van der Waals surface area contributed by atoms with E-state index in [1.165, 1.54) is 4.90 Å². The lowest BCUT2D eigenvalue weighted by molar-refractivity contribution is -0.164. The summed E-state index contributed by atoms with van der Waals surface area (Å²) in [6.07, 6.45) is -0.323. The minimum atomic E-state index is -1.05. The van der Waals surface area contributed by atoms with Crippen molar-refractivity contribution >= 4 is 48.0 Å². The van der Waals surface area contributed by atoms with Crippen LogP contribution in [0.2, 0.25) is 0 Å². The van der Waals surface area contributed by atoms with Gasteiger partial charge in [0.25, 0.3) is 0 Å². The van der Waals surface area contributed by atoms with Gasteiger partial charge in [-0.25, -0.2) is 19.2 Å². The number of amides is 8. The Labute approximate surface area is 330 Å². The number of benzene rings is 2. The normalized spacial score (nSPS) is 19.3. The van der Waals surface area contributed by atoms with Gasteiger partial charge in [-0.15, -0.1) is 0 Å².